The first-order chi connectivity index (χ1) is 11.9. The summed E-state index contributed by atoms with van der Waals surface area (Å²) >= 11 is 0. The van der Waals surface area contributed by atoms with Crippen molar-refractivity contribution in [2.45, 2.75) is 70.6 Å². The molecule has 0 radical (unpaired) electrons. The summed E-state index contributed by atoms with van der Waals surface area (Å²) in [5.74, 6) is 3.22. The van der Waals surface area contributed by atoms with E-state index in [1.807, 2.05) is 20.8 Å². The molecule has 2 aliphatic carbocycles. The molecule has 1 aliphatic heterocycles. The normalized spacial score (nSPS) is 29.6. The molecule has 4 rings (SSSR count). The molecule has 1 amide bonds. The van der Waals surface area contributed by atoms with Gasteiger partial charge in [-0.3, -0.25) is 4.90 Å². The van der Waals surface area contributed by atoms with Gasteiger partial charge < -0.3 is 14.6 Å². The number of carbonyl (C=O) groups is 1. The lowest BCUT2D eigenvalue weighted by Crippen LogP contribution is -2.42. The van der Waals surface area contributed by atoms with Gasteiger partial charge in [0.2, 0.25) is 5.89 Å². The van der Waals surface area contributed by atoms with Crippen molar-refractivity contribution in [3.63, 3.8) is 0 Å². The monoisotopic (exact) mass is 348 g/mol. The van der Waals surface area contributed by atoms with E-state index >= 15 is 0 Å². The van der Waals surface area contributed by atoms with E-state index in [0.29, 0.717) is 17.8 Å². The number of ether oxygens (including phenoxy) is 1. The first kappa shape index (κ1) is 16.8. The third kappa shape index (κ3) is 3.97. The number of rotatable bonds is 4. The van der Waals surface area contributed by atoms with Crippen LogP contribution in [0.15, 0.2) is 4.52 Å². The van der Waals surface area contributed by atoms with Crippen LogP contribution in [0, 0.1) is 11.8 Å². The second kappa shape index (κ2) is 6.27. The fourth-order valence-corrected chi connectivity index (χ4v) is 4.15. The molecule has 2 heterocycles. The Morgan fingerprint density at radius 1 is 1.28 bits per heavy atom. The van der Waals surface area contributed by atoms with E-state index in [1.165, 1.54) is 12.8 Å². The molecule has 0 unspecified atom stereocenters. The van der Waals surface area contributed by atoms with Crippen molar-refractivity contribution in [3.05, 3.63) is 11.7 Å². The van der Waals surface area contributed by atoms with Crippen LogP contribution in [-0.4, -0.2) is 45.9 Å². The maximum absolute atomic E-state index is 12.1. The molecular formula is C18H28N4O3. The predicted octanol–water partition coefficient (Wildman–Crippen LogP) is 2.68. The summed E-state index contributed by atoms with van der Waals surface area (Å²) in [5, 5.41) is 7.21. The van der Waals surface area contributed by atoms with Gasteiger partial charge in [-0.25, -0.2) is 4.79 Å². The van der Waals surface area contributed by atoms with E-state index in [-0.39, 0.29) is 12.1 Å². The van der Waals surface area contributed by atoms with Crippen molar-refractivity contribution in [1.29, 1.82) is 0 Å². The van der Waals surface area contributed by atoms with Crippen LogP contribution in [0.25, 0.3) is 0 Å². The molecule has 0 bridgehead atoms. The SMILES string of the molecule is CC(C)(C)OC(=O)N[C@@H]1CC[C@H]2CN(Cc3noc(C4CC4)n3)C[C@H]21. The number of hydrogen-bond donors (Lipinski definition) is 1. The molecule has 1 aromatic rings. The van der Waals surface area contributed by atoms with Crippen LogP contribution in [0.5, 0.6) is 0 Å². The average molecular weight is 348 g/mol. The van der Waals surface area contributed by atoms with Crippen LogP contribution < -0.4 is 5.32 Å². The molecule has 0 spiro atoms. The molecule has 1 aromatic heterocycles. The Labute approximate surface area is 148 Å². The summed E-state index contributed by atoms with van der Waals surface area (Å²) in [5.41, 5.74) is -0.457. The highest BCUT2D eigenvalue weighted by Crippen LogP contribution is 2.40. The molecule has 3 atom stereocenters. The quantitative estimate of drug-likeness (QED) is 0.901. The molecule has 138 valence electrons. The molecule has 2 saturated carbocycles. The van der Waals surface area contributed by atoms with Crippen molar-refractivity contribution in [2.75, 3.05) is 13.1 Å². The molecule has 1 saturated heterocycles. The Balaban J connectivity index is 1.30. The van der Waals surface area contributed by atoms with Gasteiger partial charge in [-0.15, -0.1) is 0 Å². The fourth-order valence-electron chi connectivity index (χ4n) is 4.15. The minimum atomic E-state index is -0.457. The molecule has 3 fully saturated rings. The Bertz CT molecular complexity index is 635. The Kier molecular flexibility index (Phi) is 4.22. The number of likely N-dealkylation sites (tertiary alicyclic amines) is 1. The molecule has 7 heteroatoms. The zero-order chi connectivity index (χ0) is 17.6. The van der Waals surface area contributed by atoms with Crippen molar-refractivity contribution < 1.29 is 14.1 Å². The van der Waals surface area contributed by atoms with Crippen LogP contribution >= 0.6 is 0 Å². The Morgan fingerprint density at radius 3 is 2.80 bits per heavy atom. The lowest BCUT2D eigenvalue weighted by Gasteiger charge is -2.24. The van der Waals surface area contributed by atoms with E-state index in [9.17, 15) is 4.79 Å². The second-order valence-corrected chi connectivity index (χ2v) is 8.77. The van der Waals surface area contributed by atoms with Crippen molar-refractivity contribution in [3.8, 4) is 0 Å². The van der Waals surface area contributed by atoms with E-state index in [4.69, 9.17) is 9.26 Å². The zero-order valence-electron chi connectivity index (χ0n) is 15.3. The number of nitrogens with zero attached hydrogens (tertiary/aromatic N) is 3. The van der Waals surface area contributed by atoms with Crippen LogP contribution in [0.2, 0.25) is 0 Å². The summed E-state index contributed by atoms with van der Waals surface area (Å²) in [6.07, 6.45) is 4.24. The number of amides is 1. The van der Waals surface area contributed by atoms with E-state index in [2.05, 4.69) is 20.4 Å². The van der Waals surface area contributed by atoms with Crippen LogP contribution in [-0.2, 0) is 11.3 Å². The molecule has 7 nitrogen and oxygen atoms in total. The summed E-state index contributed by atoms with van der Waals surface area (Å²) in [4.78, 5) is 19.0. The summed E-state index contributed by atoms with van der Waals surface area (Å²) < 4.78 is 10.8. The zero-order valence-corrected chi connectivity index (χ0v) is 15.3. The lowest BCUT2D eigenvalue weighted by atomic mass is 9.98. The van der Waals surface area contributed by atoms with Crippen LogP contribution in [0.1, 0.15) is 64.1 Å². The van der Waals surface area contributed by atoms with Gasteiger partial charge in [-0.05, 0) is 58.3 Å². The number of fused-ring (bicyclic) bond motifs is 1. The molecular weight excluding hydrogens is 320 g/mol. The fraction of sp³-hybridized carbons (Fsp3) is 0.833. The van der Waals surface area contributed by atoms with E-state index in [0.717, 1.165) is 44.2 Å². The maximum atomic E-state index is 12.1. The Hall–Kier alpha value is -1.63. The van der Waals surface area contributed by atoms with Crippen molar-refractivity contribution in [1.82, 2.24) is 20.4 Å². The molecule has 3 aliphatic rings. The molecule has 1 N–H and O–H groups in total. The predicted molar refractivity (Wildman–Crippen MR) is 90.9 cm³/mol. The Morgan fingerprint density at radius 2 is 2.08 bits per heavy atom. The minimum absolute atomic E-state index is 0.206. The smallest absolute Gasteiger partial charge is 0.407 e. The van der Waals surface area contributed by atoms with E-state index < -0.39 is 5.60 Å². The number of nitrogens with one attached hydrogen (secondary N) is 1. The van der Waals surface area contributed by atoms with Crippen LogP contribution in [0.3, 0.4) is 0 Å². The first-order valence-electron chi connectivity index (χ1n) is 9.42. The van der Waals surface area contributed by atoms with Gasteiger partial charge in [0.05, 0.1) is 6.54 Å². The summed E-state index contributed by atoms with van der Waals surface area (Å²) in [7, 11) is 0. The highest BCUT2D eigenvalue weighted by Gasteiger charge is 2.43. The minimum Gasteiger partial charge on any atom is -0.444 e. The van der Waals surface area contributed by atoms with Gasteiger partial charge in [-0.2, -0.15) is 4.98 Å². The molecule has 25 heavy (non-hydrogen) atoms. The molecule has 0 aromatic carbocycles. The topological polar surface area (TPSA) is 80.5 Å². The van der Waals surface area contributed by atoms with Crippen LogP contribution in [0.4, 0.5) is 4.79 Å². The van der Waals surface area contributed by atoms with E-state index in [1.54, 1.807) is 0 Å². The van der Waals surface area contributed by atoms with Gasteiger partial charge in [-0.1, -0.05) is 5.16 Å². The summed E-state index contributed by atoms with van der Waals surface area (Å²) in [6.45, 7) is 8.43. The van der Waals surface area contributed by atoms with Gasteiger partial charge in [0, 0.05) is 25.0 Å². The highest BCUT2D eigenvalue weighted by atomic mass is 16.6. The van der Waals surface area contributed by atoms with Gasteiger partial charge in [0.25, 0.3) is 0 Å². The average Bonchev–Trinajstić information content (AvgIpc) is 2.95. The third-order valence-electron chi connectivity index (χ3n) is 5.41. The van der Waals surface area contributed by atoms with Crippen molar-refractivity contribution >= 4 is 6.09 Å². The third-order valence-corrected chi connectivity index (χ3v) is 5.41. The maximum Gasteiger partial charge on any atom is 0.407 e. The first-order valence-corrected chi connectivity index (χ1v) is 9.42. The number of hydrogen-bond acceptors (Lipinski definition) is 6. The largest absolute Gasteiger partial charge is 0.444 e. The van der Waals surface area contributed by atoms with Gasteiger partial charge >= 0.3 is 6.09 Å². The highest BCUT2D eigenvalue weighted by molar-refractivity contribution is 5.68. The second-order valence-electron chi connectivity index (χ2n) is 8.77. The lowest BCUT2D eigenvalue weighted by molar-refractivity contribution is 0.0491. The van der Waals surface area contributed by atoms with Gasteiger partial charge in [0.1, 0.15) is 5.60 Å². The summed E-state index contributed by atoms with van der Waals surface area (Å²) in [6, 6.07) is 0.206. The number of alkyl carbamates (subject to hydrolysis) is 1. The number of aromatic nitrogens is 2. The van der Waals surface area contributed by atoms with Crippen molar-refractivity contribution in [2.24, 2.45) is 11.8 Å². The van der Waals surface area contributed by atoms with Gasteiger partial charge in [0.15, 0.2) is 5.82 Å². The standard InChI is InChI=1S/C18H28N4O3/c1-18(2,3)24-17(23)19-14-7-6-12-8-22(9-13(12)14)10-15-20-16(25-21-15)11-4-5-11/h11-14H,4-10H2,1-3H3,(H,19,23)/t12-,13+,14+/m0/s1. The number of carbonyl (C=O) groups excluding carboxylic acids is 1.